The number of hydrogen-bond donors (Lipinski definition) is 0. The van der Waals surface area contributed by atoms with Crippen LogP contribution in [0.3, 0.4) is 0 Å². The zero-order valence-electron chi connectivity index (χ0n) is 8.30. The predicted octanol–water partition coefficient (Wildman–Crippen LogP) is 2.46. The minimum Gasteiger partial charge on any atom is -0.469 e. The number of hydrogen-bond acceptors (Lipinski definition) is 2. The fourth-order valence-corrected chi connectivity index (χ4v) is 1.60. The Morgan fingerprint density at radius 1 is 1.77 bits per heavy atom. The first-order valence-electron chi connectivity index (χ1n) is 4.52. The summed E-state index contributed by atoms with van der Waals surface area (Å²) in [4.78, 5) is 11.4. The normalized spacial score (nSPS) is 27.7. The maximum Gasteiger partial charge on any atom is 0.311 e. The van der Waals surface area contributed by atoms with E-state index in [0.29, 0.717) is 0 Å². The zero-order chi connectivity index (χ0) is 9.90. The van der Waals surface area contributed by atoms with Crippen LogP contribution in [-0.4, -0.2) is 13.1 Å². The fourth-order valence-electron chi connectivity index (χ4n) is 1.60. The SMILES string of the molecule is C=CC1=CCC(C)(C(=O)OC)CC1. The molecule has 1 aliphatic carbocycles. The molecule has 0 aliphatic heterocycles. The van der Waals surface area contributed by atoms with Crippen LogP contribution in [0.5, 0.6) is 0 Å². The quantitative estimate of drug-likeness (QED) is 0.610. The van der Waals surface area contributed by atoms with Crippen LogP contribution in [0.25, 0.3) is 0 Å². The minimum atomic E-state index is -0.318. The van der Waals surface area contributed by atoms with E-state index < -0.39 is 0 Å². The maximum absolute atomic E-state index is 11.4. The van der Waals surface area contributed by atoms with Gasteiger partial charge in [-0.05, 0) is 26.2 Å². The standard InChI is InChI=1S/C11H16O2/c1-4-9-5-7-11(2,8-6-9)10(12)13-3/h4-5H,1,6-8H2,2-3H3. The van der Waals surface area contributed by atoms with Gasteiger partial charge in [-0.2, -0.15) is 0 Å². The molecule has 0 heterocycles. The van der Waals surface area contributed by atoms with Crippen molar-refractivity contribution in [3.8, 4) is 0 Å². The maximum atomic E-state index is 11.4. The summed E-state index contributed by atoms with van der Waals surface area (Å²) < 4.78 is 4.77. The average Bonchev–Trinajstić information content (AvgIpc) is 2.18. The van der Waals surface area contributed by atoms with Crippen LogP contribution in [0.15, 0.2) is 24.3 Å². The largest absolute Gasteiger partial charge is 0.469 e. The zero-order valence-corrected chi connectivity index (χ0v) is 8.30. The highest BCUT2D eigenvalue weighted by Crippen LogP contribution is 2.36. The number of esters is 1. The molecule has 13 heavy (non-hydrogen) atoms. The van der Waals surface area contributed by atoms with Gasteiger partial charge in [0.1, 0.15) is 0 Å². The van der Waals surface area contributed by atoms with Crippen molar-refractivity contribution in [2.45, 2.75) is 26.2 Å². The lowest BCUT2D eigenvalue weighted by Crippen LogP contribution is -2.30. The predicted molar refractivity (Wildman–Crippen MR) is 52.3 cm³/mol. The summed E-state index contributed by atoms with van der Waals surface area (Å²) >= 11 is 0. The second kappa shape index (κ2) is 3.77. The fraction of sp³-hybridized carbons (Fsp3) is 0.545. The smallest absolute Gasteiger partial charge is 0.311 e. The number of methoxy groups -OCH3 is 1. The number of ether oxygens (including phenoxy) is 1. The Morgan fingerprint density at radius 3 is 2.85 bits per heavy atom. The van der Waals surface area contributed by atoms with Gasteiger partial charge in [0.25, 0.3) is 0 Å². The van der Waals surface area contributed by atoms with Crippen LogP contribution >= 0.6 is 0 Å². The van der Waals surface area contributed by atoms with Gasteiger partial charge < -0.3 is 4.74 Å². The van der Waals surface area contributed by atoms with E-state index in [4.69, 9.17) is 4.74 Å². The van der Waals surface area contributed by atoms with Gasteiger partial charge in [0, 0.05) is 0 Å². The molecule has 0 amide bonds. The van der Waals surface area contributed by atoms with Crippen molar-refractivity contribution in [3.05, 3.63) is 24.3 Å². The van der Waals surface area contributed by atoms with Crippen LogP contribution in [0, 0.1) is 5.41 Å². The van der Waals surface area contributed by atoms with Crippen LogP contribution in [0.1, 0.15) is 26.2 Å². The number of allylic oxidation sites excluding steroid dienone is 3. The van der Waals surface area contributed by atoms with Gasteiger partial charge in [-0.1, -0.05) is 24.3 Å². The summed E-state index contributed by atoms with van der Waals surface area (Å²) in [6.45, 7) is 5.67. The molecule has 0 spiro atoms. The van der Waals surface area contributed by atoms with E-state index in [1.807, 2.05) is 13.0 Å². The molecular weight excluding hydrogens is 164 g/mol. The van der Waals surface area contributed by atoms with Crippen molar-refractivity contribution in [1.29, 1.82) is 0 Å². The monoisotopic (exact) mass is 180 g/mol. The molecule has 0 aromatic rings. The number of carbonyl (C=O) groups excluding carboxylic acids is 1. The Kier molecular flexibility index (Phi) is 2.91. The molecule has 0 saturated carbocycles. The summed E-state index contributed by atoms with van der Waals surface area (Å²) in [5, 5.41) is 0. The molecule has 0 aromatic heterocycles. The first-order valence-corrected chi connectivity index (χ1v) is 4.52. The van der Waals surface area contributed by atoms with Crippen molar-refractivity contribution in [3.63, 3.8) is 0 Å². The highest BCUT2D eigenvalue weighted by atomic mass is 16.5. The molecule has 0 saturated heterocycles. The molecule has 0 bridgehead atoms. The third-order valence-electron chi connectivity index (χ3n) is 2.72. The summed E-state index contributed by atoms with van der Waals surface area (Å²) in [5.74, 6) is -0.105. The van der Waals surface area contributed by atoms with Crippen LogP contribution < -0.4 is 0 Å². The van der Waals surface area contributed by atoms with E-state index in [1.54, 1.807) is 0 Å². The third-order valence-corrected chi connectivity index (χ3v) is 2.72. The van der Waals surface area contributed by atoms with Crippen molar-refractivity contribution < 1.29 is 9.53 Å². The van der Waals surface area contributed by atoms with Gasteiger partial charge in [0.15, 0.2) is 0 Å². The summed E-state index contributed by atoms with van der Waals surface area (Å²) in [6, 6.07) is 0. The number of rotatable bonds is 2. The van der Waals surface area contributed by atoms with E-state index in [2.05, 4.69) is 12.7 Å². The topological polar surface area (TPSA) is 26.3 Å². The first kappa shape index (κ1) is 10.0. The van der Waals surface area contributed by atoms with E-state index in [9.17, 15) is 4.79 Å². The summed E-state index contributed by atoms with van der Waals surface area (Å²) in [7, 11) is 1.44. The lowest BCUT2D eigenvalue weighted by atomic mass is 9.76. The molecule has 1 unspecified atom stereocenters. The van der Waals surface area contributed by atoms with E-state index in [-0.39, 0.29) is 11.4 Å². The Bertz CT molecular complexity index is 253. The molecular formula is C11H16O2. The summed E-state index contributed by atoms with van der Waals surface area (Å²) in [6.07, 6.45) is 6.48. The average molecular weight is 180 g/mol. The van der Waals surface area contributed by atoms with Crippen LogP contribution in [-0.2, 0) is 9.53 Å². The molecule has 1 rings (SSSR count). The third kappa shape index (κ3) is 2.00. The first-order chi connectivity index (χ1) is 6.12. The molecule has 0 N–H and O–H groups in total. The second-order valence-electron chi connectivity index (χ2n) is 3.74. The highest BCUT2D eigenvalue weighted by molar-refractivity contribution is 5.76. The molecule has 72 valence electrons. The summed E-state index contributed by atoms with van der Waals surface area (Å²) in [5.41, 5.74) is 0.919. The Morgan fingerprint density at radius 2 is 2.46 bits per heavy atom. The van der Waals surface area contributed by atoms with Crippen molar-refractivity contribution in [2.75, 3.05) is 7.11 Å². The Hall–Kier alpha value is -1.05. The van der Waals surface area contributed by atoms with Gasteiger partial charge in [-0.3, -0.25) is 4.79 Å². The molecule has 2 heteroatoms. The lowest BCUT2D eigenvalue weighted by Gasteiger charge is -2.29. The van der Waals surface area contributed by atoms with Gasteiger partial charge >= 0.3 is 5.97 Å². The molecule has 1 atom stereocenters. The van der Waals surface area contributed by atoms with Crippen LogP contribution in [0.2, 0.25) is 0 Å². The van der Waals surface area contributed by atoms with Gasteiger partial charge in [0.2, 0.25) is 0 Å². The van der Waals surface area contributed by atoms with Gasteiger partial charge in [0.05, 0.1) is 12.5 Å². The van der Waals surface area contributed by atoms with Crippen LogP contribution in [0.4, 0.5) is 0 Å². The van der Waals surface area contributed by atoms with Crippen molar-refractivity contribution in [1.82, 2.24) is 0 Å². The highest BCUT2D eigenvalue weighted by Gasteiger charge is 2.34. The van der Waals surface area contributed by atoms with Gasteiger partial charge in [-0.15, -0.1) is 0 Å². The van der Waals surface area contributed by atoms with E-state index in [1.165, 1.54) is 12.7 Å². The Balaban J connectivity index is 2.72. The minimum absolute atomic E-state index is 0.105. The van der Waals surface area contributed by atoms with Crippen molar-refractivity contribution in [2.24, 2.45) is 5.41 Å². The molecule has 0 aromatic carbocycles. The second-order valence-corrected chi connectivity index (χ2v) is 3.74. The molecule has 1 aliphatic rings. The van der Waals surface area contributed by atoms with E-state index >= 15 is 0 Å². The van der Waals surface area contributed by atoms with E-state index in [0.717, 1.165) is 19.3 Å². The number of carbonyl (C=O) groups is 1. The molecule has 0 radical (unpaired) electrons. The molecule has 0 fully saturated rings. The Labute approximate surface area is 79.3 Å². The van der Waals surface area contributed by atoms with Gasteiger partial charge in [-0.25, -0.2) is 0 Å². The molecule has 2 nitrogen and oxygen atoms in total. The van der Waals surface area contributed by atoms with Crippen molar-refractivity contribution >= 4 is 5.97 Å². The lowest BCUT2D eigenvalue weighted by molar-refractivity contribution is -0.152.